The second-order valence-electron chi connectivity index (χ2n) is 1.52. The summed E-state index contributed by atoms with van der Waals surface area (Å²) in [6, 6.07) is 0. The lowest BCUT2D eigenvalue weighted by atomic mass is 10.4. The number of carbonyl (C=O) groups excluding carboxylic acids is 1. The Labute approximate surface area is 57.9 Å². The van der Waals surface area contributed by atoms with E-state index in [1.165, 1.54) is 0 Å². The smallest absolute Gasteiger partial charge is 0.345 e. The molecular formula is C5H9O3Si. The zero-order valence-electron chi connectivity index (χ0n) is 5.51. The van der Waals surface area contributed by atoms with Crippen LogP contribution in [-0.4, -0.2) is 29.2 Å². The van der Waals surface area contributed by atoms with Gasteiger partial charge in [-0.15, -0.1) is 0 Å². The standard InChI is InChI=1S/C5H9O3Si/c1-3-7-4(2)5(6)8-9/h4H,3H2,1-2H3. The molecule has 1 atom stereocenters. The zero-order chi connectivity index (χ0) is 7.28. The Kier molecular flexibility index (Phi) is 4.34. The Balaban J connectivity index is 3.45. The van der Waals surface area contributed by atoms with Crippen molar-refractivity contribution in [2.24, 2.45) is 0 Å². The van der Waals surface area contributed by atoms with Gasteiger partial charge >= 0.3 is 16.5 Å². The van der Waals surface area contributed by atoms with Crippen molar-refractivity contribution >= 4 is 16.5 Å². The molecule has 0 N–H and O–H groups in total. The van der Waals surface area contributed by atoms with E-state index in [1.807, 2.05) is 6.92 Å². The molecule has 0 saturated heterocycles. The van der Waals surface area contributed by atoms with Gasteiger partial charge in [0.05, 0.1) is 0 Å². The number of ether oxygens (including phenoxy) is 1. The fraction of sp³-hybridized carbons (Fsp3) is 0.800. The Morgan fingerprint density at radius 1 is 1.78 bits per heavy atom. The van der Waals surface area contributed by atoms with Crippen LogP contribution in [-0.2, 0) is 14.0 Å². The summed E-state index contributed by atoms with van der Waals surface area (Å²) >= 11 is 0. The highest BCUT2D eigenvalue weighted by Crippen LogP contribution is 1.91. The van der Waals surface area contributed by atoms with E-state index in [-0.39, 0.29) is 0 Å². The third-order valence-electron chi connectivity index (χ3n) is 0.849. The van der Waals surface area contributed by atoms with E-state index in [9.17, 15) is 4.79 Å². The van der Waals surface area contributed by atoms with Gasteiger partial charge in [0, 0.05) is 6.61 Å². The van der Waals surface area contributed by atoms with Crippen LogP contribution in [0.3, 0.4) is 0 Å². The molecule has 0 aliphatic carbocycles. The summed E-state index contributed by atoms with van der Waals surface area (Å²) in [7, 11) is 2.60. The van der Waals surface area contributed by atoms with Crippen LogP contribution >= 0.6 is 0 Å². The Morgan fingerprint density at radius 3 is 2.67 bits per heavy atom. The quantitative estimate of drug-likeness (QED) is 0.526. The minimum absolute atomic E-state index is 0.409. The molecule has 4 heteroatoms. The Morgan fingerprint density at radius 2 is 2.33 bits per heavy atom. The molecule has 0 aromatic heterocycles. The summed E-state index contributed by atoms with van der Waals surface area (Å²) < 4.78 is 9.10. The monoisotopic (exact) mass is 145 g/mol. The molecule has 3 radical (unpaired) electrons. The van der Waals surface area contributed by atoms with Crippen molar-refractivity contribution in [3.05, 3.63) is 0 Å². The van der Waals surface area contributed by atoms with E-state index < -0.39 is 12.1 Å². The fourth-order valence-electron chi connectivity index (χ4n) is 0.401. The molecule has 0 rings (SSSR count). The number of hydrogen-bond donors (Lipinski definition) is 0. The van der Waals surface area contributed by atoms with Crippen LogP contribution in [0.5, 0.6) is 0 Å². The van der Waals surface area contributed by atoms with Gasteiger partial charge in [-0.3, -0.25) is 4.79 Å². The summed E-state index contributed by atoms with van der Waals surface area (Å²) in [5.74, 6) is -0.409. The molecule has 3 nitrogen and oxygen atoms in total. The first-order valence-corrected chi connectivity index (χ1v) is 3.12. The number of rotatable bonds is 3. The van der Waals surface area contributed by atoms with Gasteiger partial charge in [-0.1, -0.05) is 0 Å². The molecular weight excluding hydrogens is 136 g/mol. The lowest BCUT2D eigenvalue weighted by Gasteiger charge is -2.07. The van der Waals surface area contributed by atoms with Gasteiger partial charge in [0.2, 0.25) is 0 Å². The largest absolute Gasteiger partial charge is 0.514 e. The van der Waals surface area contributed by atoms with Crippen molar-refractivity contribution < 1.29 is 14.0 Å². The maximum absolute atomic E-state index is 10.5. The summed E-state index contributed by atoms with van der Waals surface area (Å²) in [4.78, 5) is 10.5. The van der Waals surface area contributed by atoms with Crippen molar-refractivity contribution in [1.82, 2.24) is 0 Å². The highest BCUT2D eigenvalue weighted by atomic mass is 28.2. The molecule has 0 aromatic carbocycles. The Bertz CT molecular complexity index is 94.2. The van der Waals surface area contributed by atoms with Gasteiger partial charge in [0.15, 0.2) is 6.10 Å². The third-order valence-corrected chi connectivity index (χ3v) is 1.05. The topological polar surface area (TPSA) is 35.5 Å². The van der Waals surface area contributed by atoms with E-state index in [2.05, 4.69) is 14.9 Å². The summed E-state index contributed by atoms with van der Waals surface area (Å²) in [6.07, 6.45) is -0.479. The van der Waals surface area contributed by atoms with Crippen LogP contribution < -0.4 is 0 Å². The second-order valence-corrected chi connectivity index (χ2v) is 1.72. The van der Waals surface area contributed by atoms with Gasteiger partial charge in [0.25, 0.3) is 0 Å². The maximum Gasteiger partial charge on any atom is 0.345 e. The molecule has 0 aliphatic heterocycles. The zero-order valence-corrected chi connectivity index (χ0v) is 6.51. The first kappa shape index (κ1) is 8.65. The van der Waals surface area contributed by atoms with Gasteiger partial charge in [0.1, 0.15) is 0 Å². The van der Waals surface area contributed by atoms with Crippen LogP contribution in [0.1, 0.15) is 13.8 Å². The molecule has 0 amide bonds. The van der Waals surface area contributed by atoms with Crippen LogP contribution in [0, 0.1) is 0 Å². The fourth-order valence-corrected chi connectivity index (χ4v) is 0.567. The van der Waals surface area contributed by atoms with Crippen molar-refractivity contribution in [2.75, 3.05) is 6.61 Å². The van der Waals surface area contributed by atoms with Crippen molar-refractivity contribution in [1.29, 1.82) is 0 Å². The predicted molar refractivity (Wildman–Crippen MR) is 32.9 cm³/mol. The minimum atomic E-state index is -0.479. The van der Waals surface area contributed by atoms with Gasteiger partial charge in [-0.25, -0.2) is 0 Å². The van der Waals surface area contributed by atoms with Gasteiger partial charge < -0.3 is 9.16 Å². The van der Waals surface area contributed by atoms with Crippen molar-refractivity contribution in [3.8, 4) is 0 Å². The molecule has 0 fully saturated rings. The second kappa shape index (κ2) is 4.52. The first-order valence-electron chi connectivity index (χ1n) is 2.71. The average molecular weight is 145 g/mol. The lowest BCUT2D eigenvalue weighted by molar-refractivity contribution is -0.145. The molecule has 0 heterocycles. The minimum Gasteiger partial charge on any atom is -0.514 e. The molecule has 0 spiro atoms. The molecule has 9 heavy (non-hydrogen) atoms. The maximum atomic E-state index is 10.5. The highest BCUT2D eigenvalue weighted by Gasteiger charge is 2.10. The summed E-state index contributed by atoms with van der Waals surface area (Å²) in [5, 5.41) is 0. The van der Waals surface area contributed by atoms with Gasteiger partial charge in [-0.05, 0) is 13.8 Å². The van der Waals surface area contributed by atoms with Crippen LogP contribution in [0.2, 0.25) is 0 Å². The van der Waals surface area contributed by atoms with Crippen LogP contribution in [0.25, 0.3) is 0 Å². The summed E-state index contributed by atoms with van der Waals surface area (Å²) in [6.45, 7) is 3.96. The van der Waals surface area contributed by atoms with Crippen molar-refractivity contribution in [3.63, 3.8) is 0 Å². The third kappa shape index (κ3) is 3.26. The van der Waals surface area contributed by atoms with Gasteiger partial charge in [-0.2, -0.15) is 0 Å². The van der Waals surface area contributed by atoms with E-state index in [0.717, 1.165) is 0 Å². The Hall–Kier alpha value is -0.353. The van der Waals surface area contributed by atoms with E-state index in [0.29, 0.717) is 6.61 Å². The SMILES string of the molecule is CCOC(C)C(=O)O[Si]. The lowest BCUT2D eigenvalue weighted by Crippen LogP contribution is -2.22. The molecule has 0 bridgehead atoms. The number of hydrogen-bond acceptors (Lipinski definition) is 3. The van der Waals surface area contributed by atoms with Crippen LogP contribution in [0.4, 0.5) is 0 Å². The molecule has 0 aromatic rings. The van der Waals surface area contributed by atoms with E-state index in [4.69, 9.17) is 4.74 Å². The van der Waals surface area contributed by atoms with Crippen molar-refractivity contribution in [2.45, 2.75) is 20.0 Å². The van der Waals surface area contributed by atoms with E-state index in [1.54, 1.807) is 6.92 Å². The molecule has 1 unspecified atom stereocenters. The van der Waals surface area contributed by atoms with E-state index >= 15 is 0 Å². The average Bonchev–Trinajstić information content (AvgIpc) is 1.87. The molecule has 0 aliphatic rings. The predicted octanol–water partition coefficient (Wildman–Crippen LogP) is 0.0381. The molecule has 0 saturated carbocycles. The summed E-state index contributed by atoms with van der Waals surface area (Å²) in [5.41, 5.74) is 0. The normalized spacial score (nSPS) is 12.8. The molecule has 51 valence electrons. The highest BCUT2D eigenvalue weighted by molar-refractivity contribution is 6.06. The number of carbonyl (C=O) groups is 1. The first-order chi connectivity index (χ1) is 4.22. The van der Waals surface area contributed by atoms with Crippen LogP contribution in [0.15, 0.2) is 0 Å².